The Morgan fingerprint density at radius 3 is 2.47 bits per heavy atom. The molecule has 2 aliphatic rings. The van der Waals surface area contributed by atoms with Gasteiger partial charge in [0.25, 0.3) is 0 Å². The summed E-state index contributed by atoms with van der Waals surface area (Å²) in [6, 6.07) is 13.4. The van der Waals surface area contributed by atoms with Crippen LogP contribution in [0.4, 0.5) is 5.69 Å². The molecule has 2 aromatic carbocycles. The van der Waals surface area contributed by atoms with Crippen LogP contribution in [0.5, 0.6) is 0 Å². The average Bonchev–Trinajstić information content (AvgIpc) is 3.07. The maximum atomic E-state index is 13.9. The molecule has 1 amide bonds. The second kappa shape index (κ2) is 9.75. The Hall–Kier alpha value is -2.18. The van der Waals surface area contributed by atoms with E-state index in [1.54, 1.807) is 11.0 Å². The molecule has 2 aromatic rings. The summed E-state index contributed by atoms with van der Waals surface area (Å²) in [6.45, 7) is 4.27. The molecule has 0 spiro atoms. The summed E-state index contributed by atoms with van der Waals surface area (Å²) < 4.78 is 29.4. The predicted molar refractivity (Wildman–Crippen MR) is 128 cm³/mol. The standard InChI is InChI=1S/C26H34N2O3S/c1-20-15-16-21(2)25(18-20)32(30,31)28(23-12-5-3-4-6-13-23)19-26(29)27-17-9-11-22-10-7-8-14-24(22)27/h7-8,10,14-16,18,23H,3-6,9,11-13,17,19H2,1-2H3. The van der Waals surface area contributed by atoms with Crippen LogP contribution in [0, 0.1) is 13.8 Å². The third-order valence-corrected chi connectivity index (χ3v) is 8.90. The number of carbonyl (C=O) groups is 1. The Kier molecular flexibility index (Phi) is 7.01. The molecule has 4 rings (SSSR count). The zero-order valence-electron chi connectivity index (χ0n) is 19.2. The monoisotopic (exact) mass is 454 g/mol. The molecule has 0 aromatic heterocycles. The predicted octanol–water partition coefficient (Wildman–Crippen LogP) is 5.00. The molecule has 0 saturated heterocycles. The van der Waals surface area contributed by atoms with Crippen LogP contribution >= 0.6 is 0 Å². The first-order valence-electron chi connectivity index (χ1n) is 11.9. The van der Waals surface area contributed by atoms with Gasteiger partial charge in [-0.25, -0.2) is 8.42 Å². The van der Waals surface area contributed by atoms with Gasteiger partial charge in [0, 0.05) is 18.3 Å². The summed E-state index contributed by atoms with van der Waals surface area (Å²) in [5.41, 5.74) is 3.72. The molecule has 172 valence electrons. The van der Waals surface area contributed by atoms with E-state index in [4.69, 9.17) is 0 Å². The van der Waals surface area contributed by atoms with Crippen LogP contribution in [0.15, 0.2) is 47.4 Å². The Morgan fingerprint density at radius 2 is 1.72 bits per heavy atom. The summed E-state index contributed by atoms with van der Waals surface area (Å²) in [5, 5.41) is 0. The second-order valence-corrected chi connectivity index (χ2v) is 11.1. The minimum atomic E-state index is -3.80. The van der Waals surface area contributed by atoms with E-state index in [-0.39, 0.29) is 18.5 Å². The van der Waals surface area contributed by atoms with Crippen molar-refractivity contribution in [2.75, 3.05) is 18.0 Å². The van der Waals surface area contributed by atoms with Crippen LogP contribution in [-0.4, -0.2) is 37.8 Å². The van der Waals surface area contributed by atoms with Gasteiger partial charge in [0.15, 0.2) is 0 Å². The SMILES string of the molecule is Cc1ccc(C)c(S(=O)(=O)N(CC(=O)N2CCCc3ccccc32)C2CCCCCC2)c1. The Bertz CT molecular complexity index is 1070. The number of aryl methyl sites for hydroxylation is 3. The van der Waals surface area contributed by atoms with E-state index in [1.165, 1.54) is 4.31 Å². The Labute approximate surface area is 192 Å². The average molecular weight is 455 g/mol. The minimum Gasteiger partial charge on any atom is -0.311 e. The maximum Gasteiger partial charge on any atom is 0.244 e. The smallest absolute Gasteiger partial charge is 0.244 e. The molecule has 0 atom stereocenters. The van der Waals surface area contributed by atoms with Gasteiger partial charge in [-0.15, -0.1) is 0 Å². The summed E-state index contributed by atoms with van der Waals surface area (Å²) in [6.07, 6.45) is 7.74. The van der Waals surface area contributed by atoms with Gasteiger partial charge in [-0.05, 0) is 68.4 Å². The number of anilines is 1. The second-order valence-electron chi connectivity index (χ2n) is 9.24. The molecule has 0 bridgehead atoms. The van der Waals surface area contributed by atoms with Crippen LogP contribution in [-0.2, 0) is 21.2 Å². The van der Waals surface area contributed by atoms with Crippen molar-refractivity contribution in [1.29, 1.82) is 0 Å². The van der Waals surface area contributed by atoms with E-state index in [2.05, 4.69) is 6.07 Å². The van der Waals surface area contributed by atoms with Crippen molar-refractivity contribution in [2.24, 2.45) is 0 Å². The van der Waals surface area contributed by atoms with Gasteiger partial charge in [-0.3, -0.25) is 4.79 Å². The highest BCUT2D eigenvalue weighted by molar-refractivity contribution is 7.89. The molecule has 5 nitrogen and oxygen atoms in total. The maximum absolute atomic E-state index is 13.9. The van der Waals surface area contributed by atoms with E-state index in [0.717, 1.165) is 73.7 Å². The first kappa shape index (κ1) is 23.0. The van der Waals surface area contributed by atoms with Crippen LogP contribution in [0.3, 0.4) is 0 Å². The summed E-state index contributed by atoms with van der Waals surface area (Å²) in [7, 11) is -3.80. The van der Waals surface area contributed by atoms with E-state index >= 15 is 0 Å². The summed E-state index contributed by atoms with van der Waals surface area (Å²) in [5.74, 6) is -0.129. The normalized spacial score (nSPS) is 17.8. The highest BCUT2D eigenvalue weighted by Gasteiger charge is 2.36. The van der Waals surface area contributed by atoms with Crippen molar-refractivity contribution in [2.45, 2.75) is 76.2 Å². The number of amides is 1. The Balaban J connectivity index is 1.69. The fourth-order valence-electron chi connectivity index (χ4n) is 5.08. The lowest BCUT2D eigenvalue weighted by Gasteiger charge is -2.34. The lowest BCUT2D eigenvalue weighted by atomic mass is 10.0. The fraction of sp³-hybridized carbons (Fsp3) is 0.500. The van der Waals surface area contributed by atoms with Crippen LogP contribution in [0.1, 0.15) is 61.6 Å². The van der Waals surface area contributed by atoms with Gasteiger partial charge >= 0.3 is 0 Å². The minimum absolute atomic E-state index is 0.102. The zero-order chi connectivity index (χ0) is 22.7. The van der Waals surface area contributed by atoms with Gasteiger partial charge in [-0.1, -0.05) is 56.0 Å². The van der Waals surface area contributed by atoms with Gasteiger partial charge < -0.3 is 4.90 Å². The van der Waals surface area contributed by atoms with Crippen molar-refractivity contribution in [1.82, 2.24) is 4.31 Å². The number of fused-ring (bicyclic) bond motifs is 1. The molecule has 6 heteroatoms. The number of para-hydroxylation sites is 1. The lowest BCUT2D eigenvalue weighted by Crippen LogP contribution is -2.48. The third-order valence-electron chi connectivity index (χ3n) is 6.86. The number of benzene rings is 2. The van der Waals surface area contributed by atoms with Gasteiger partial charge in [0.05, 0.1) is 11.4 Å². The first-order valence-corrected chi connectivity index (χ1v) is 13.3. The molecule has 1 fully saturated rings. The number of hydrogen-bond acceptors (Lipinski definition) is 3. The lowest BCUT2D eigenvalue weighted by molar-refractivity contribution is -0.119. The number of rotatable bonds is 5. The van der Waals surface area contributed by atoms with Crippen molar-refractivity contribution in [3.8, 4) is 0 Å². The van der Waals surface area contributed by atoms with Crippen molar-refractivity contribution in [3.63, 3.8) is 0 Å². The van der Waals surface area contributed by atoms with Crippen LogP contribution in [0.2, 0.25) is 0 Å². The molecule has 0 radical (unpaired) electrons. The van der Waals surface area contributed by atoms with E-state index < -0.39 is 10.0 Å². The molecular weight excluding hydrogens is 420 g/mol. The zero-order valence-corrected chi connectivity index (χ0v) is 20.0. The number of hydrogen-bond donors (Lipinski definition) is 0. The largest absolute Gasteiger partial charge is 0.311 e. The molecule has 1 heterocycles. The van der Waals surface area contributed by atoms with Gasteiger partial charge in [-0.2, -0.15) is 4.31 Å². The summed E-state index contributed by atoms with van der Waals surface area (Å²) >= 11 is 0. The fourth-order valence-corrected chi connectivity index (χ4v) is 7.03. The van der Waals surface area contributed by atoms with E-state index in [1.807, 2.05) is 44.2 Å². The molecule has 1 aliphatic heterocycles. The molecule has 0 unspecified atom stereocenters. The first-order chi connectivity index (χ1) is 15.4. The molecular formula is C26H34N2O3S. The number of nitrogens with zero attached hydrogens (tertiary/aromatic N) is 2. The van der Waals surface area contributed by atoms with Crippen LogP contribution < -0.4 is 4.90 Å². The van der Waals surface area contributed by atoms with Crippen molar-refractivity contribution in [3.05, 3.63) is 59.2 Å². The molecule has 1 saturated carbocycles. The Morgan fingerprint density at radius 1 is 1.00 bits per heavy atom. The van der Waals surface area contributed by atoms with Gasteiger partial charge in [0.1, 0.15) is 0 Å². The van der Waals surface area contributed by atoms with Crippen molar-refractivity contribution >= 4 is 21.6 Å². The highest BCUT2D eigenvalue weighted by Crippen LogP contribution is 2.31. The van der Waals surface area contributed by atoms with E-state index in [0.29, 0.717) is 11.4 Å². The topological polar surface area (TPSA) is 57.7 Å². The number of carbonyl (C=O) groups excluding carboxylic acids is 1. The highest BCUT2D eigenvalue weighted by atomic mass is 32.2. The van der Waals surface area contributed by atoms with Crippen LogP contribution in [0.25, 0.3) is 0 Å². The molecule has 1 aliphatic carbocycles. The molecule has 0 N–H and O–H groups in total. The van der Waals surface area contributed by atoms with E-state index in [9.17, 15) is 13.2 Å². The quantitative estimate of drug-likeness (QED) is 0.598. The van der Waals surface area contributed by atoms with Crippen molar-refractivity contribution < 1.29 is 13.2 Å². The van der Waals surface area contributed by atoms with Gasteiger partial charge in [0.2, 0.25) is 15.9 Å². The third kappa shape index (κ3) is 4.76. The molecule has 32 heavy (non-hydrogen) atoms. The summed E-state index contributed by atoms with van der Waals surface area (Å²) in [4.78, 5) is 15.7. The number of sulfonamides is 1.